The van der Waals surface area contributed by atoms with E-state index in [9.17, 15) is 9.59 Å². The average Bonchev–Trinajstić information content (AvgIpc) is 2.43. The van der Waals surface area contributed by atoms with Crippen molar-refractivity contribution in [1.82, 2.24) is 5.48 Å². The molecule has 0 radical (unpaired) electrons. The minimum Gasteiger partial charge on any atom is -0.481 e. The zero-order valence-electron chi connectivity index (χ0n) is 11.4. The molecule has 6 nitrogen and oxygen atoms in total. The molecule has 0 spiro atoms. The van der Waals surface area contributed by atoms with Crippen LogP contribution in [0.5, 0.6) is 0 Å². The summed E-state index contributed by atoms with van der Waals surface area (Å²) in [6.07, 6.45) is 3.45. The van der Waals surface area contributed by atoms with Crippen LogP contribution in [0.2, 0.25) is 0 Å². The maximum absolute atomic E-state index is 10.5. The fraction of sp³-hybridized carbons (Fsp3) is 0.429. The van der Waals surface area contributed by atoms with Crippen molar-refractivity contribution < 1.29 is 19.9 Å². The number of nitrogens with one attached hydrogen (secondary N) is 1. The van der Waals surface area contributed by atoms with E-state index in [0.29, 0.717) is 19.3 Å². The van der Waals surface area contributed by atoms with Crippen LogP contribution < -0.4 is 11.2 Å². The van der Waals surface area contributed by atoms with Crippen LogP contribution in [0.1, 0.15) is 38.5 Å². The first-order chi connectivity index (χ1) is 9.56. The molecule has 0 atom stereocenters. The summed E-state index contributed by atoms with van der Waals surface area (Å²) in [5.74, 6) is -1.17. The van der Waals surface area contributed by atoms with Crippen LogP contribution >= 0.6 is 0 Å². The first-order valence-electron chi connectivity index (χ1n) is 6.51. The number of unbranched alkanes of at least 4 members (excludes halogenated alkanes) is 3. The molecule has 112 valence electrons. The van der Waals surface area contributed by atoms with Gasteiger partial charge in [-0.1, -0.05) is 31.0 Å². The Bertz CT molecular complexity index is 382. The highest BCUT2D eigenvalue weighted by molar-refractivity contribution is 5.74. The Morgan fingerprint density at radius 1 is 1.00 bits per heavy atom. The lowest BCUT2D eigenvalue weighted by molar-refractivity contribution is -0.137. The molecule has 0 aliphatic carbocycles. The second kappa shape index (κ2) is 12.0. The number of hydroxylamine groups is 1. The monoisotopic (exact) mass is 282 g/mol. The lowest BCUT2D eigenvalue weighted by Crippen LogP contribution is -2.17. The van der Waals surface area contributed by atoms with Crippen LogP contribution in [0, 0.1) is 0 Å². The molecule has 5 N–H and O–H groups in total. The Hall–Kier alpha value is -2.08. The van der Waals surface area contributed by atoms with Crippen LogP contribution in [-0.4, -0.2) is 22.2 Å². The van der Waals surface area contributed by atoms with E-state index in [2.05, 4.69) is 0 Å². The summed E-state index contributed by atoms with van der Waals surface area (Å²) < 4.78 is 0. The van der Waals surface area contributed by atoms with Crippen LogP contribution in [-0.2, 0) is 9.59 Å². The Kier molecular flexibility index (Phi) is 10.7. The Morgan fingerprint density at radius 3 is 1.95 bits per heavy atom. The lowest BCUT2D eigenvalue weighted by Gasteiger charge is -1.98. The molecular formula is C14H22N2O4. The number of nitrogens with two attached hydrogens (primary N) is 1. The highest BCUT2D eigenvalue weighted by Crippen LogP contribution is 2.04. The molecule has 1 aromatic carbocycles. The number of hydrogen-bond acceptors (Lipinski definition) is 4. The third-order valence-corrected chi connectivity index (χ3v) is 2.47. The minimum atomic E-state index is -0.784. The molecule has 0 bridgehead atoms. The van der Waals surface area contributed by atoms with E-state index in [-0.39, 0.29) is 6.42 Å². The van der Waals surface area contributed by atoms with Gasteiger partial charge in [0.05, 0.1) is 0 Å². The molecule has 0 fully saturated rings. The van der Waals surface area contributed by atoms with Crippen molar-refractivity contribution >= 4 is 17.6 Å². The number of benzene rings is 1. The van der Waals surface area contributed by atoms with E-state index in [1.54, 1.807) is 5.48 Å². The molecule has 20 heavy (non-hydrogen) atoms. The number of rotatable bonds is 7. The smallest absolute Gasteiger partial charge is 0.303 e. The Balaban J connectivity index is 0.000000428. The molecular weight excluding hydrogens is 260 g/mol. The normalized spacial score (nSPS) is 9.25. The predicted octanol–water partition coefficient (Wildman–Crippen LogP) is 2.19. The molecule has 0 unspecified atom stereocenters. The largest absolute Gasteiger partial charge is 0.481 e. The van der Waals surface area contributed by atoms with Gasteiger partial charge in [-0.05, 0) is 25.0 Å². The van der Waals surface area contributed by atoms with Gasteiger partial charge in [0.25, 0.3) is 0 Å². The third kappa shape index (κ3) is 12.4. The number of carboxylic acid groups (broad SMARTS) is 1. The summed E-state index contributed by atoms with van der Waals surface area (Å²) in [5, 5.41) is 16.4. The second-order valence-electron chi connectivity index (χ2n) is 4.25. The lowest BCUT2D eigenvalue weighted by atomic mass is 10.1. The zero-order valence-corrected chi connectivity index (χ0v) is 11.4. The molecule has 0 heterocycles. The van der Waals surface area contributed by atoms with Crippen molar-refractivity contribution in [2.75, 3.05) is 5.73 Å². The second-order valence-corrected chi connectivity index (χ2v) is 4.25. The van der Waals surface area contributed by atoms with Gasteiger partial charge in [0.2, 0.25) is 5.91 Å². The summed E-state index contributed by atoms with van der Waals surface area (Å²) in [6, 6.07) is 9.49. The van der Waals surface area contributed by atoms with Crippen molar-refractivity contribution in [3.05, 3.63) is 30.3 Å². The molecule has 1 aromatic rings. The number of carboxylic acids is 1. The van der Waals surface area contributed by atoms with E-state index >= 15 is 0 Å². The Labute approximate surface area is 118 Å². The summed E-state index contributed by atoms with van der Waals surface area (Å²) >= 11 is 0. The molecule has 1 rings (SSSR count). The molecule has 0 saturated carbocycles. The molecule has 0 aromatic heterocycles. The summed E-state index contributed by atoms with van der Waals surface area (Å²) in [4.78, 5) is 20.6. The van der Waals surface area contributed by atoms with Gasteiger partial charge in [-0.2, -0.15) is 0 Å². The molecule has 0 saturated heterocycles. The zero-order chi connectivity index (χ0) is 15.2. The highest BCUT2D eigenvalue weighted by Gasteiger charge is 1.99. The van der Waals surface area contributed by atoms with E-state index in [1.165, 1.54) is 0 Å². The number of hydrogen-bond donors (Lipinski definition) is 4. The molecule has 6 heteroatoms. The van der Waals surface area contributed by atoms with E-state index in [1.807, 2.05) is 30.3 Å². The SMILES string of the molecule is Nc1ccccc1.O=C(O)CCCCCCC(=O)NO. The fourth-order valence-corrected chi connectivity index (χ4v) is 1.42. The van der Waals surface area contributed by atoms with Gasteiger partial charge in [0, 0.05) is 18.5 Å². The van der Waals surface area contributed by atoms with Crippen LogP contribution in [0.15, 0.2) is 30.3 Å². The summed E-state index contributed by atoms with van der Waals surface area (Å²) in [5.41, 5.74) is 7.72. The number of aliphatic carboxylic acids is 1. The van der Waals surface area contributed by atoms with Gasteiger partial charge in [-0.3, -0.25) is 14.8 Å². The standard InChI is InChI=1S/C8H15NO4.C6H7N/c10-7(9-13)5-3-1-2-4-6-8(11)12;7-6-4-2-1-3-5-6/h13H,1-6H2,(H,9,10)(H,11,12);1-5H,7H2. The number of para-hydroxylation sites is 1. The van der Waals surface area contributed by atoms with Crippen molar-refractivity contribution in [1.29, 1.82) is 0 Å². The third-order valence-electron chi connectivity index (χ3n) is 2.47. The van der Waals surface area contributed by atoms with E-state index in [0.717, 1.165) is 18.5 Å². The van der Waals surface area contributed by atoms with Crippen molar-refractivity contribution in [2.24, 2.45) is 0 Å². The van der Waals surface area contributed by atoms with Crippen molar-refractivity contribution in [3.63, 3.8) is 0 Å². The van der Waals surface area contributed by atoms with Crippen LogP contribution in [0.4, 0.5) is 5.69 Å². The van der Waals surface area contributed by atoms with E-state index < -0.39 is 11.9 Å². The summed E-state index contributed by atoms with van der Waals surface area (Å²) in [7, 11) is 0. The first-order valence-corrected chi connectivity index (χ1v) is 6.51. The topological polar surface area (TPSA) is 113 Å². The Morgan fingerprint density at radius 2 is 1.55 bits per heavy atom. The maximum atomic E-state index is 10.5. The predicted molar refractivity (Wildman–Crippen MR) is 76.1 cm³/mol. The van der Waals surface area contributed by atoms with Gasteiger partial charge in [-0.25, -0.2) is 5.48 Å². The number of amides is 1. The molecule has 0 aliphatic heterocycles. The van der Waals surface area contributed by atoms with Crippen molar-refractivity contribution in [2.45, 2.75) is 38.5 Å². The van der Waals surface area contributed by atoms with Crippen LogP contribution in [0.3, 0.4) is 0 Å². The highest BCUT2D eigenvalue weighted by atomic mass is 16.5. The number of anilines is 1. The maximum Gasteiger partial charge on any atom is 0.303 e. The number of carbonyl (C=O) groups is 2. The quantitative estimate of drug-likeness (QED) is 0.265. The average molecular weight is 282 g/mol. The van der Waals surface area contributed by atoms with Gasteiger partial charge >= 0.3 is 5.97 Å². The van der Waals surface area contributed by atoms with Gasteiger partial charge in [-0.15, -0.1) is 0 Å². The fourth-order valence-electron chi connectivity index (χ4n) is 1.42. The minimum absolute atomic E-state index is 0.187. The van der Waals surface area contributed by atoms with E-state index in [4.69, 9.17) is 16.0 Å². The number of nitrogen functional groups attached to an aromatic ring is 1. The molecule has 1 amide bonds. The molecule has 0 aliphatic rings. The summed E-state index contributed by atoms with van der Waals surface area (Å²) in [6.45, 7) is 0. The van der Waals surface area contributed by atoms with Gasteiger partial charge < -0.3 is 10.8 Å². The van der Waals surface area contributed by atoms with Crippen LogP contribution in [0.25, 0.3) is 0 Å². The first kappa shape index (κ1) is 17.9. The van der Waals surface area contributed by atoms with Gasteiger partial charge in [0.15, 0.2) is 0 Å². The number of carbonyl (C=O) groups excluding carboxylic acids is 1. The van der Waals surface area contributed by atoms with Gasteiger partial charge in [0.1, 0.15) is 0 Å². The van der Waals surface area contributed by atoms with Crippen molar-refractivity contribution in [3.8, 4) is 0 Å².